The Hall–Kier alpha value is -3.55. The molecule has 4 aromatic rings. The zero-order valence-corrected chi connectivity index (χ0v) is 13.6. The van der Waals surface area contributed by atoms with Crippen LogP contribution in [-0.4, -0.2) is 36.2 Å². The van der Waals surface area contributed by atoms with Crippen LogP contribution in [0, 0.1) is 6.92 Å². The molecule has 0 saturated carbocycles. The van der Waals surface area contributed by atoms with Crippen molar-refractivity contribution >= 4 is 5.52 Å². The third-order valence-corrected chi connectivity index (χ3v) is 3.97. The van der Waals surface area contributed by atoms with Crippen molar-refractivity contribution in [1.29, 1.82) is 0 Å². The van der Waals surface area contributed by atoms with E-state index in [1.54, 1.807) is 48.6 Å². The van der Waals surface area contributed by atoms with Gasteiger partial charge < -0.3 is 9.14 Å². The van der Waals surface area contributed by atoms with E-state index in [0.717, 1.165) is 16.7 Å². The predicted molar refractivity (Wildman–Crippen MR) is 90.9 cm³/mol. The summed E-state index contributed by atoms with van der Waals surface area (Å²) in [7, 11) is 1.57. The van der Waals surface area contributed by atoms with Crippen LogP contribution >= 0.6 is 0 Å². The van der Waals surface area contributed by atoms with Crippen molar-refractivity contribution in [2.45, 2.75) is 6.92 Å². The standard InChI is InChI=1S/C17H14N6O2/c1-11-13(12-4-5-14(25-2)20-8-12)9-22-10-21-23(16(24)15(11)22)17-18-6-3-7-19-17/h3-10H,1-2H3. The molecule has 124 valence electrons. The Morgan fingerprint density at radius 1 is 1.12 bits per heavy atom. The number of ether oxygens (including phenoxy) is 1. The fraction of sp³-hybridized carbons (Fsp3) is 0.118. The number of aryl methyl sites for hydroxylation is 1. The van der Waals surface area contributed by atoms with E-state index in [1.165, 1.54) is 4.68 Å². The van der Waals surface area contributed by atoms with Crippen LogP contribution in [0.3, 0.4) is 0 Å². The van der Waals surface area contributed by atoms with Gasteiger partial charge in [-0.2, -0.15) is 9.78 Å². The minimum absolute atomic E-state index is 0.239. The first-order chi connectivity index (χ1) is 12.2. The molecule has 0 radical (unpaired) electrons. The molecule has 4 aromatic heterocycles. The van der Waals surface area contributed by atoms with E-state index in [-0.39, 0.29) is 11.5 Å². The van der Waals surface area contributed by atoms with Crippen LogP contribution in [0.15, 0.2) is 54.1 Å². The molecule has 0 atom stereocenters. The van der Waals surface area contributed by atoms with Crippen LogP contribution in [0.5, 0.6) is 5.88 Å². The van der Waals surface area contributed by atoms with Crippen LogP contribution in [0.25, 0.3) is 22.6 Å². The van der Waals surface area contributed by atoms with Crippen LogP contribution in [-0.2, 0) is 0 Å². The lowest BCUT2D eigenvalue weighted by Crippen LogP contribution is -2.24. The Kier molecular flexibility index (Phi) is 3.50. The average molecular weight is 334 g/mol. The fourth-order valence-electron chi connectivity index (χ4n) is 2.74. The lowest BCUT2D eigenvalue weighted by molar-refractivity contribution is 0.398. The maximum atomic E-state index is 12.9. The van der Waals surface area contributed by atoms with Gasteiger partial charge in [-0.25, -0.2) is 15.0 Å². The fourth-order valence-corrected chi connectivity index (χ4v) is 2.74. The van der Waals surface area contributed by atoms with Crippen LogP contribution < -0.4 is 10.3 Å². The van der Waals surface area contributed by atoms with Crippen molar-refractivity contribution < 1.29 is 4.74 Å². The van der Waals surface area contributed by atoms with Gasteiger partial charge in [0.25, 0.3) is 11.5 Å². The minimum Gasteiger partial charge on any atom is -0.481 e. The second kappa shape index (κ2) is 5.82. The molecular weight excluding hydrogens is 320 g/mol. The first-order valence-corrected chi connectivity index (χ1v) is 7.56. The number of fused-ring (bicyclic) bond motifs is 1. The molecule has 0 spiro atoms. The predicted octanol–water partition coefficient (Wildman–Crippen LogP) is 1.65. The molecule has 8 heteroatoms. The Morgan fingerprint density at radius 2 is 1.92 bits per heavy atom. The highest BCUT2D eigenvalue weighted by atomic mass is 16.5. The lowest BCUT2D eigenvalue weighted by Gasteiger charge is -2.03. The van der Waals surface area contributed by atoms with E-state index in [9.17, 15) is 4.79 Å². The second-order valence-electron chi connectivity index (χ2n) is 5.41. The average Bonchev–Trinajstić information content (AvgIpc) is 3.00. The molecule has 0 amide bonds. The van der Waals surface area contributed by atoms with Gasteiger partial charge in [0, 0.05) is 42.0 Å². The number of pyridine rings is 1. The van der Waals surface area contributed by atoms with Crippen molar-refractivity contribution in [3.63, 3.8) is 0 Å². The molecule has 8 nitrogen and oxygen atoms in total. The molecular formula is C17H14N6O2. The molecule has 0 unspecified atom stereocenters. The van der Waals surface area contributed by atoms with Gasteiger partial charge in [0.05, 0.1) is 7.11 Å². The third-order valence-electron chi connectivity index (χ3n) is 3.97. The third kappa shape index (κ3) is 2.44. The highest BCUT2D eigenvalue weighted by molar-refractivity contribution is 5.75. The number of methoxy groups -OCH3 is 1. The van der Waals surface area contributed by atoms with E-state index in [4.69, 9.17) is 4.74 Å². The van der Waals surface area contributed by atoms with Crippen LogP contribution in [0.1, 0.15) is 5.56 Å². The minimum atomic E-state index is -0.279. The maximum Gasteiger partial charge on any atom is 0.298 e. The second-order valence-corrected chi connectivity index (χ2v) is 5.41. The summed E-state index contributed by atoms with van der Waals surface area (Å²) in [6, 6.07) is 5.37. The summed E-state index contributed by atoms with van der Waals surface area (Å²) in [5.74, 6) is 0.777. The van der Waals surface area contributed by atoms with Crippen LogP contribution in [0.4, 0.5) is 0 Å². The monoisotopic (exact) mass is 334 g/mol. The number of aromatic nitrogens is 6. The summed E-state index contributed by atoms with van der Waals surface area (Å²) in [6.45, 7) is 1.90. The van der Waals surface area contributed by atoms with Gasteiger partial charge in [0.15, 0.2) is 0 Å². The molecule has 0 aliphatic heterocycles. The van der Waals surface area contributed by atoms with Gasteiger partial charge in [-0.3, -0.25) is 4.79 Å². The summed E-state index contributed by atoms with van der Waals surface area (Å²) in [5, 5.41) is 4.16. The number of hydrogen-bond donors (Lipinski definition) is 0. The SMILES string of the molecule is COc1ccc(-c2cn3cnn(-c4ncccn4)c(=O)c3c2C)cn1. The number of nitrogens with zero attached hydrogens (tertiary/aromatic N) is 6. The molecule has 0 N–H and O–H groups in total. The molecule has 0 aromatic carbocycles. The smallest absolute Gasteiger partial charge is 0.298 e. The summed E-state index contributed by atoms with van der Waals surface area (Å²) in [6.07, 6.45) is 8.28. The summed E-state index contributed by atoms with van der Waals surface area (Å²) < 4.78 is 7.98. The molecule has 4 heterocycles. The van der Waals surface area contributed by atoms with E-state index in [1.807, 2.05) is 19.2 Å². The van der Waals surface area contributed by atoms with Crippen molar-refractivity contribution in [3.05, 3.63) is 65.2 Å². The lowest BCUT2D eigenvalue weighted by atomic mass is 10.1. The Balaban J connectivity index is 1.90. The molecule has 0 aliphatic carbocycles. The molecule has 0 bridgehead atoms. The molecule has 25 heavy (non-hydrogen) atoms. The first-order valence-electron chi connectivity index (χ1n) is 7.56. The zero-order valence-electron chi connectivity index (χ0n) is 13.6. The van der Waals surface area contributed by atoms with E-state index in [0.29, 0.717) is 11.4 Å². The van der Waals surface area contributed by atoms with Crippen molar-refractivity contribution in [2.24, 2.45) is 0 Å². The van der Waals surface area contributed by atoms with E-state index >= 15 is 0 Å². The molecule has 0 fully saturated rings. The van der Waals surface area contributed by atoms with Gasteiger partial charge in [0.2, 0.25) is 5.88 Å². The Morgan fingerprint density at radius 3 is 2.60 bits per heavy atom. The number of rotatable bonds is 3. The van der Waals surface area contributed by atoms with Gasteiger partial charge >= 0.3 is 0 Å². The normalized spacial score (nSPS) is 11.0. The van der Waals surface area contributed by atoms with E-state index in [2.05, 4.69) is 20.1 Å². The molecule has 0 saturated heterocycles. The van der Waals surface area contributed by atoms with Gasteiger partial charge in [-0.1, -0.05) is 0 Å². The van der Waals surface area contributed by atoms with Crippen molar-refractivity contribution in [3.8, 4) is 23.0 Å². The van der Waals surface area contributed by atoms with Crippen LogP contribution in [0.2, 0.25) is 0 Å². The van der Waals surface area contributed by atoms with Gasteiger partial charge in [-0.15, -0.1) is 0 Å². The molecule has 4 rings (SSSR count). The molecule has 0 aliphatic rings. The topological polar surface area (TPSA) is 87.2 Å². The summed E-state index contributed by atoms with van der Waals surface area (Å²) in [4.78, 5) is 25.3. The van der Waals surface area contributed by atoms with Crippen molar-refractivity contribution in [2.75, 3.05) is 7.11 Å². The van der Waals surface area contributed by atoms with Gasteiger partial charge in [-0.05, 0) is 24.6 Å². The highest BCUT2D eigenvalue weighted by Crippen LogP contribution is 2.27. The van der Waals surface area contributed by atoms with Crippen molar-refractivity contribution in [1.82, 2.24) is 29.1 Å². The Labute approximate surface area is 142 Å². The largest absolute Gasteiger partial charge is 0.481 e. The Bertz CT molecular complexity index is 1100. The highest BCUT2D eigenvalue weighted by Gasteiger charge is 2.15. The first kappa shape index (κ1) is 15.0. The number of hydrogen-bond acceptors (Lipinski definition) is 6. The zero-order chi connectivity index (χ0) is 17.4. The summed E-state index contributed by atoms with van der Waals surface area (Å²) in [5.41, 5.74) is 2.88. The van der Waals surface area contributed by atoms with Gasteiger partial charge in [0.1, 0.15) is 11.8 Å². The quantitative estimate of drug-likeness (QED) is 0.566. The van der Waals surface area contributed by atoms with E-state index < -0.39 is 0 Å². The maximum absolute atomic E-state index is 12.9. The summed E-state index contributed by atoms with van der Waals surface area (Å²) >= 11 is 0.